The minimum absolute atomic E-state index is 0.107. The van der Waals surface area contributed by atoms with E-state index in [-0.39, 0.29) is 12.3 Å². The summed E-state index contributed by atoms with van der Waals surface area (Å²) in [7, 11) is -3.71. The third-order valence-corrected chi connectivity index (χ3v) is 7.01. The zero-order valence-electron chi connectivity index (χ0n) is 16.3. The van der Waals surface area contributed by atoms with Gasteiger partial charge < -0.3 is 0 Å². The van der Waals surface area contributed by atoms with E-state index in [9.17, 15) is 17.6 Å². The molecule has 6 nitrogen and oxygen atoms in total. The van der Waals surface area contributed by atoms with Gasteiger partial charge in [0.1, 0.15) is 11.6 Å². The van der Waals surface area contributed by atoms with Crippen LogP contribution in [0.5, 0.6) is 0 Å². The summed E-state index contributed by atoms with van der Waals surface area (Å²) >= 11 is 1.14. The molecule has 0 N–H and O–H groups in total. The zero-order chi connectivity index (χ0) is 21.8. The maximum atomic E-state index is 13.6. The van der Waals surface area contributed by atoms with Gasteiger partial charge in [-0.15, -0.1) is 0 Å². The number of amides is 1. The van der Waals surface area contributed by atoms with Crippen molar-refractivity contribution in [3.05, 3.63) is 90.0 Å². The third-order valence-electron chi connectivity index (χ3n) is 4.51. The second kappa shape index (κ2) is 8.91. The van der Waals surface area contributed by atoms with E-state index in [1.807, 2.05) is 0 Å². The number of pyridine rings is 1. The second-order valence-electron chi connectivity index (χ2n) is 6.97. The van der Waals surface area contributed by atoms with Crippen LogP contribution in [0.15, 0.2) is 73.1 Å². The van der Waals surface area contributed by atoms with Gasteiger partial charge in [0.15, 0.2) is 15.0 Å². The van der Waals surface area contributed by atoms with Gasteiger partial charge in [-0.05, 0) is 35.4 Å². The van der Waals surface area contributed by atoms with Gasteiger partial charge in [-0.1, -0.05) is 47.7 Å². The number of carbonyl (C=O) groups is 1. The lowest BCUT2D eigenvalue weighted by Crippen LogP contribution is -2.35. The lowest BCUT2D eigenvalue weighted by Gasteiger charge is -2.20. The molecule has 31 heavy (non-hydrogen) atoms. The fourth-order valence-electron chi connectivity index (χ4n) is 3.08. The molecule has 158 valence electrons. The molecule has 2 aromatic heterocycles. The number of fused-ring (bicyclic) bond motifs is 1. The Kier molecular flexibility index (Phi) is 6.06. The number of anilines is 1. The average molecular weight is 456 g/mol. The van der Waals surface area contributed by atoms with Crippen LogP contribution >= 0.6 is 11.3 Å². The van der Waals surface area contributed by atoms with Crippen molar-refractivity contribution in [1.82, 2.24) is 9.97 Å². The molecule has 9 heteroatoms. The standard InChI is InChI=1S/C22H18FN3O3S2/c23-18-8-9-19-20(11-18)30-22(25-19)26(13-17-7-4-10-24-12-17)21(27)15-31(28,29)14-16-5-2-1-3-6-16/h1-12H,13-15H2. The van der Waals surface area contributed by atoms with Crippen LogP contribution in [0.1, 0.15) is 11.1 Å². The largest absolute Gasteiger partial charge is 0.283 e. The maximum absolute atomic E-state index is 13.6. The molecular formula is C22H18FN3O3S2. The van der Waals surface area contributed by atoms with E-state index in [0.717, 1.165) is 16.9 Å². The third kappa shape index (κ3) is 5.31. The van der Waals surface area contributed by atoms with Gasteiger partial charge in [-0.2, -0.15) is 0 Å². The molecule has 0 atom stereocenters. The van der Waals surface area contributed by atoms with Crippen molar-refractivity contribution in [2.75, 3.05) is 10.7 Å². The lowest BCUT2D eigenvalue weighted by molar-refractivity contribution is -0.116. The van der Waals surface area contributed by atoms with Crippen LogP contribution in [-0.2, 0) is 26.9 Å². The molecule has 0 bridgehead atoms. The Labute approximate surface area is 182 Å². The zero-order valence-corrected chi connectivity index (χ0v) is 17.9. The first-order valence-corrected chi connectivity index (χ1v) is 12.0. The second-order valence-corrected chi connectivity index (χ2v) is 10.0. The monoisotopic (exact) mass is 455 g/mol. The van der Waals surface area contributed by atoms with Gasteiger partial charge >= 0.3 is 0 Å². The molecule has 0 aliphatic rings. The Morgan fingerprint density at radius 3 is 2.55 bits per heavy atom. The minimum atomic E-state index is -3.71. The normalized spacial score (nSPS) is 11.5. The fourth-order valence-corrected chi connectivity index (χ4v) is 5.43. The van der Waals surface area contributed by atoms with Gasteiger partial charge in [0.2, 0.25) is 5.91 Å². The summed E-state index contributed by atoms with van der Waals surface area (Å²) in [6.45, 7) is 0.107. The van der Waals surface area contributed by atoms with Crippen LogP contribution in [-0.4, -0.2) is 30.0 Å². The van der Waals surface area contributed by atoms with Crippen molar-refractivity contribution in [3.8, 4) is 0 Å². The molecule has 0 fully saturated rings. The quantitative estimate of drug-likeness (QED) is 0.421. The number of hydrogen-bond acceptors (Lipinski definition) is 6. The first-order valence-electron chi connectivity index (χ1n) is 9.39. The molecule has 0 saturated carbocycles. The van der Waals surface area contributed by atoms with Crippen molar-refractivity contribution in [1.29, 1.82) is 0 Å². The molecule has 4 aromatic rings. The van der Waals surface area contributed by atoms with E-state index >= 15 is 0 Å². The fraction of sp³-hybridized carbons (Fsp3) is 0.136. The first-order chi connectivity index (χ1) is 14.9. The summed E-state index contributed by atoms with van der Waals surface area (Å²) in [5.41, 5.74) is 1.88. The Morgan fingerprint density at radius 2 is 1.81 bits per heavy atom. The van der Waals surface area contributed by atoms with Crippen LogP contribution in [0, 0.1) is 5.82 Å². The van der Waals surface area contributed by atoms with Gasteiger partial charge in [0.25, 0.3) is 0 Å². The minimum Gasteiger partial charge on any atom is -0.283 e. The van der Waals surface area contributed by atoms with E-state index in [2.05, 4.69) is 9.97 Å². The molecule has 2 heterocycles. The van der Waals surface area contributed by atoms with Crippen molar-refractivity contribution in [3.63, 3.8) is 0 Å². The highest BCUT2D eigenvalue weighted by Crippen LogP contribution is 2.30. The summed E-state index contributed by atoms with van der Waals surface area (Å²) in [6, 6.07) is 16.4. The van der Waals surface area contributed by atoms with Crippen LogP contribution in [0.4, 0.5) is 9.52 Å². The van der Waals surface area contributed by atoms with Crippen LogP contribution < -0.4 is 4.90 Å². The SMILES string of the molecule is O=C(CS(=O)(=O)Cc1ccccc1)N(Cc1cccnc1)c1nc2ccc(F)cc2s1. The van der Waals surface area contributed by atoms with Gasteiger partial charge in [-0.3, -0.25) is 14.7 Å². The number of aromatic nitrogens is 2. The smallest absolute Gasteiger partial charge is 0.244 e. The van der Waals surface area contributed by atoms with Crippen molar-refractivity contribution in [2.45, 2.75) is 12.3 Å². The van der Waals surface area contributed by atoms with Crippen LogP contribution in [0.3, 0.4) is 0 Å². The van der Waals surface area contributed by atoms with Crippen molar-refractivity contribution >= 4 is 42.4 Å². The predicted molar refractivity (Wildman–Crippen MR) is 119 cm³/mol. The topological polar surface area (TPSA) is 80.2 Å². The lowest BCUT2D eigenvalue weighted by atomic mass is 10.2. The Balaban J connectivity index is 1.63. The number of hydrogen-bond donors (Lipinski definition) is 0. The number of nitrogens with zero attached hydrogens (tertiary/aromatic N) is 3. The Bertz CT molecular complexity index is 1310. The van der Waals surface area contributed by atoms with E-state index in [1.54, 1.807) is 54.9 Å². The first kappa shape index (κ1) is 21.1. The molecule has 0 aliphatic heterocycles. The molecule has 0 unspecified atom stereocenters. The number of rotatable bonds is 7. The van der Waals surface area contributed by atoms with E-state index in [1.165, 1.54) is 23.1 Å². The van der Waals surface area contributed by atoms with Gasteiger partial charge in [0, 0.05) is 12.4 Å². The molecule has 0 saturated heterocycles. The molecule has 0 radical (unpaired) electrons. The number of benzene rings is 2. The highest BCUT2D eigenvalue weighted by molar-refractivity contribution is 7.91. The van der Waals surface area contributed by atoms with Crippen LogP contribution in [0.25, 0.3) is 10.2 Å². The van der Waals surface area contributed by atoms with E-state index in [4.69, 9.17) is 0 Å². The van der Waals surface area contributed by atoms with E-state index in [0.29, 0.717) is 20.9 Å². The van der Waals surface area contributed by atoms with Gasteiger partial charge in [-0.25, -0.2) is 17.8 Å². The Hall–Kier alpha value is -3.17. The number of sulfone groups is 1. The molecule has 2 aromatic carbocycles. The average Bonchev–Trinajstić information content (AvgIpc) is 3.15. The Morgan fingerprint density at radius 1 is 1.03 bits per heavy atom. The van der Waals surface area contributed by atoms with Crippen LogP contribution in [0.2, 0.25) is 0 Å². The maximum Gasteiger partial charge on any atom is 0.244 e. The van der Waals surface area contributed by atoms with E-state index < -0.39 is 27.3 Å². The predicted octanol–water partition coefficient (Wildman–Crippen LogP) is 3.98. The highest BCUT2D eigenvalue weighted by Gasteiger charge is 2.26. The number of carbonyl (C=O) groups excluding carboxylic acids is 1. The molecule has 0 spiro atoms. The molecule has 4 rings (SSSR count). The molecular weight excluding hydrogens is 437 g/mol. The molecule has 0 aliphatic carbocycles. The summed E-state index contributed by atoms with van der Waals surface area (Å²) in [5.74, 6) is -1.89. The molecule has 1 amide bonds. The summed E-state index contributed by atoms with van der Waals surface area (Å²) in [6.07, 6.45) is 3.21. The number of halogens is 1. The highest BCUT2D eigenvalue weighted by atomic mass is 32.2. The van der Waals surface area contributed by atoms with Crippen molar-refractivity contribution in [2.24, 2.45) is 0 Å². The van der Waals surface area contributed by atoms with Gasteiger partial charge in [0.05, 0.1) is 22.5 Å². The number of thiazole rings is 1. The van der Waals surface area contributed by atoms with Crippen molar-refractivity contribution < 1.29 is 17.6 Å². The summed E-state index contributed by atoms with van der Waals surface area (Å²) < 4.78 is 39.5. The summed E-state index contributed by atoms with van der Waals surface area (Å²) in [5, 5.41) is 0.310. The summed E-state index contributed by atoms with van der Waals surface area (Å²) in [4.78, 5) is 22.9.